The molecule has 0 aromatic heterocycles. The largest absolute Gasteiger partial charge is 0.490 e. The number of amides is 1. The molecule has 0 atom stereocenters. The van der Waals surface area contributed by atoms with Crippen LogP contribution in [-0.4, -0.2) is 17.7 Å². The summed E-state index contributed by atoms with van der Waals surface area (Å²) in [6.45, 7) is 2.62. The molecule has 1 amide bonds. The van der Waals surface area contributed by atoms with Crippen molar-refractivity contribution in [1.29, 1.82) is 0 Å². The van der Waals surface area contributed by atoms with E-state index in [0.29, 0.717) is 50.5 Å². The number of amidine groups is 1. The van der Waals surface area contributed by atoms with Gasteiger partial charge in [-0.2, -0.15) is 0 Å². The highest BCUT2D eigenvalue weighted by Crippen LogP contribution is 2.33. The maximum atomic E-state index is 13.1. The number of ether oxygens (including phenoxy) is 2. The minimum atomic E-state index is -0.345. The van der Waals surface area contributed by atoms with Gasteiger partial charge >= 0.3 is 0 Å². The molecule has 4 rings (SSSR count). The van der Waals surface area contributed by atoms with E-state index >= 15 is 0 Å². The number of hydrogen-bond donors (Lipinski definition) is 1. The molecular formula is C25H19Cl2FN2O3S. The Morgan fingerprint density at radius 3 is 2.53 bits per heavy atom. The molecule has 0 spiro atoms. The van der Waals surface area contributed by atoms with Gasteiger partial charge in [-0.05, 0) is 84.4 Å². The summed E-state index contributed by atoms with van der Waals surface area (Å²) in [6.07, 6.45) is 1.75. The fourth-order valence-electron chi connectivity index (χ4n) is 3.06. The van der Waals surface area contributed by atoms with Crippen LogP contribution in [0.25, 0.3) is 6.08 Å². The molecule has 9 heteroatoms. The number of nitrogens with zero attached hydrogens (tertiary/aromatic N) is 1. The van der Waals surface area contributed by atoms with Crippen molar-refractivity contribution in [1.82, 2.24) is 5.32 Å². The number of hydrogen-bond acceptors (Lipinski definition) is 5. The van der Waals surface area contributed by atoms with Gasteiger partial charge in [0.2, 0.25) is 0 Å². The van der Waals surface area contributed by atoms with Crippen molar-refractivity contribution < 1.29 is 18.7 Å². The van der Waals surface area contributed by atoms with Crippen LogP contribution in [0, 0.1) is 5.82 Å². The number of carbonyl (C=O) groups is 1. The summed E-state index contributed by atoms with van der Waals surface area (Å²) in [5.41, 5.74) is 2.19. The highest BCUT2D eigenvalue weighted by Gasteiger charge is 2.24. The van der Waals surface area contributed by atoms with Crippen LogP contribution in [0.3, 0.4) is 0 Å². The molecule has 0 unspecified atom stereocenters. The van der Waals surface area contributed by atoms with Crippen molar-refractivity contribution in [2.24, 2.45) is 4.99 Å². The second-order valence-electron chi connectivity index (χ2n) is 7.13. The van der Waals surface area contributed by atoms with Gasteiger partial charge in [-0.15, -0.1) is 0 Å². The SMILES string of the molecule is CCOc1cc(/C=C2/SC(=Nc3ccc(F)cc3)NC2=O)ccc1OCc1ccc(Cl)c(Cl)c1. The monoisotopic (exact) mass is 516 g/mol. The molecule has 0 bridgehead atoms. The van der Waals surface area contributed by atoms with Crippen molar-refractivity contribution in [3.63, 3.8) is 0 Å². The van der Waals surface area contributed by atoms with E-state index < -0.39 is 0 Å². The summed E-state index contributed by atoms with van der Waals surface area (Å²) < 4.78 is 24.8. The number of aliphatic imine (C=N–C) groups is 1. The molecule has 1 N–H and O–H groups in total. The minimum absolute atomic E-state index is 0.260. The van der Waals surface area contributed by atoms with Gasteiger partial charge in [0.25, 0.3) is 5.91 Å². The van der Waals surface area contributed by atoms with Crippen LogP contribution in [0.15, 0.2) is 70.6 Å². The Labute approximate surface area is 210 Å². The summed E-state index contributed by atoms with van der Waals surface area (Å²) >= 11 is 13.3. The molecular weight excluding hydrogens is 498 g/mol. The van der Waals surface area contributed by atoms with Gasteiger partial charge in [-0.25, -0.2) is 9.38 Å². The fraction of sp³-hybridized carbons (Fsp3) is 0.120. The average molecular weight is 517 g/mol. The van der Waals surface area contributed by atoms with Gasteiger partial charge in [-0.3, -0.25) is 4.79 Å². The molecule has 3 aromatic rings. The van der Waals surface area contributed by atoms with Crippen LogP contribution >= 0.6 is 35.0 Å². The number of carbonyl (C=O) groups excluding carboxylic acids is 1. The summed E-state index contributed by atoms with van der Waals surface area (Å²) in [7, 11) is 0. The summed E-state index contributed by atoms with van der Waals surface area (Å²) in [4.78, 5) is 17.2. The first-order valence-electron chi connectivity index (χ1n) is 10.3. The summed E-state index contributed by atoms with van der Waals surface area (Å²) in [5.74, 6) is 0.517. The number of benzene rings is 3. The maximum Gasteiger partial charge on any atom is 0.264 e. The maximum absolute atomic E-state index is 13.1. The van der Waals surface area contributed by atoms with Gasteiger partial charge in [0.1, 0.15) is 12.4 Å². The molecule has 1 aliphatic heterocycles. The predicted molar refractivity (Wildman–Crippen MR) is 136 cm³/mol. The Bertz CT molecular complexity index is 1280. The van der Waals surface area contributed by atoms with Crippen molar-refractivity contribution in [3.8, 4) is 11.5 Å². The molecule has 1 saturated heterocycles. The van der Waals surface area contributed by atoms with E-state index in [4.69, 9.17) is 32.7 Å². The van der Waals surface area contributed by atoms with Gasteiger partial charge in [-0.1, -0.05) is 35.3 Å². The van der Waals surface area contributed by atoms with Crippen molar-refractivity contribution >= 4 is 57.8 Å². The standard InChI is InChI=1S/C25H19Cl2FN2O3S/c1-2-32-22-12-15(4-10-21(22)33-14-16-3-9-19(26)20(27)11-16)13-23-24(31)30-25(34-23)29-18-7-5-17(28)6-8-18/h3-13H,2,14H2,1H3,(H,29,30,31)/b23-13+. The predicted octanol–water partition coefficient (Wildman–Crippen LogP) is 7.00. The van der Waals surface area contributed by atoms with Crippen molar-refractivity contribution in [2.75, 3.05) is 6.61 Å². The molecule has 0 aliphatic carbocycles. The zero-order valence-corrected chi connectivity index (χ0v) is 20.3. The van der Waals surface area contributed by atoms with Gasteiger partial charge in [0, 0.05) is 0 Å². The molecule has 174 valence electrons. The number of nitrogens with one attached hydrogen (secondary N) is 1. The smallest absolute Gasteiger partial charge is 0.264 e. The number of halogens is 3. The topological polar surface area (TPSA) is 59.9 Å². The van der Waals surface area contributed by atoms with Gasteiger partial charge in [0.15, 0.2) is 16.7 Å². The second kappa shape index (κ2) is 11.0. The van der Waals surface area contributed by atoms with Crippen molar-refractivity contribution in [2.45, 2.75) is 13.5 Å². The number of thioether (sulfide) groups is 1. The Hall–Kier alpha value is -3.00. The third-order valence-corrected chi connectivity index (χ3v) is 6.30. The van der Waals surface area contributed by atoms with Gasteiger partial charge in [0.05, 0.1) is 27.2 Å². The van der Waals surface area contributed by atoms with E-state index in [2.05, 4.69) is 10.3 Å². The molecule has 5 nitrogen and oxygen atoms in total. The van der Waals surface area contributed by atoms with Gasteiger partial charge < -0.3 is 14.8 Å². The molecule has 1 fully saturated rings. The molecule has 1 heterocycles. The van der Waals surface area contributed by atoms with Crippen LogP contribution in [0.2, 0.25) is 10.0 Å². The zero-order chi connectivity index (χ0) is 24.1. The fourth-order valence-corrected chi connectivity index (χ4v) is 4.22. The highest BCUT2D eigenvalue weighted by atomic mass is 35.5. The lowest BCUT2D eigenvalue weighted by Gasteiger charge is -2.13. The molecule has 0 saturated carbocycles. The highest BCUT2D eigenvalue weighted by molar-refractivity contribution is 8.18. The van der Waals surface area contributed by atoms with E-state index in [-0.39, 0.29) is 11.7 Å². The lowest BCUT2D eigenvalue weighted by Crippen LogP contribution is -2.19. The second-order valence-corrected chi connectivity index (χ2v) is 8.98. The minimum Gasteiger partial charge on any atom is -0.490 e. The molecule has 3 aromatic carbocycles. The number of rotatable bonds is 7. The van der Waals surface area contributed by atoms with Crippen molar-refractivity contribution in [3.05, 3.63) is 92.6 Å². The van der Waals surface area contributed by atoms with Crippen LogP contribution in [-0.2, 0) is 11.4 Å². The lowest BCUT2D eigenvalue weighted by atomic mass is 10.2. The first-order chi connectivity index (χ1) is 16.4. The molecule has 0 radical (unpaired) electrons. The zero-order valence-electron chi connectivity index (χ0n) is 18.0. The first-order valence-corrected chi connectivity index (χ1v) is 11.9. The van der Waals surface area contributed by atoms with E-state index in [1.165, 1.54) is 23.9 Å². The van der Waals surface area contributed by atoms with E-state index in [9.17, 15) is 9.18 Å². The quantitative estimate of drug-likeness (QED) is 0.343. The first kappa shape index (κ1) is 24.1. The third kappa shape index (κ3) is 6.11. The Balaban J connectivity index is 1.50. The lowest BCUT2D eigenvalue weighted by molar-refractivity contribution is -0.115. The third-order valence-electron chi connectivity index (χ3n) is 4.65. The van der Waals surface area contributed by atoms with E-state index in [0.717, 1.165) is 11.1 Å². The average Bonchev–Trinajstić information content (AvgIpc) is 3.15. The van der Waals surface area contributed by atoms with Crippen LogP contribution in [0.5, 0.6) is 11.5 Å². The summed E-state index contributed by atoms with van der Waals surface area (Å²) in [5, 5.41) is 4.09. The van der Waals surface area contributed by atoms with Crippen LogP contribution < -0.4 is 14.8 Å². The Morgan fingerprint density at radius 1 is 1.00 bits per heavy atom. The Morgan fingerprint density at radius 2 is 1.79 bits per heavy atom. The van der Waals surface area contributed by atoms with Crippen LogP contribution in [0.1, 0.15) is 18.1 Å². The molecule has 34 heavy (non-hydrogen) atoms. The Kier molecular flexibility index (Phi) is 7.77. The normalized spacial score (nSPS) is 15.6. The molecule has 1 aliphatic rings. The van der Waals surface area contributed by atoms with E-state index in [1.807, 2.05) is 25.1 Å². The summed E-state index contributed by atoms with van der Waals surface area (Å²) in [6, 6.07) is 16.5. The van der Waals surface area contributed by atoms with E-state index in [1.54, 1.807) is 36.4 Å². The van der Waals surface area contributed by atoms with Crippen LogP contribution in [0.4, 0.5) is 10.1 Å².